The summed E-state index contributed by atoms with van der Waals surface area (Å²) in [7, 11) is -6.09. The quantitative estimate of drug-likeness (QED) is 0.169. The highest BCUT2D eigenvalue weighted by Gasteiger charge is 2.50. The molecule has 0 saturated carbocycles. The molecule has 28 heavy (non-hydrogen) atoms. The molecule has 1 unspecified atom stereocenters. The predicted molar refractivity (Wildman–Crippen MR) is 127 cm³/mol. The molecule has 0 aromatic rings. The van der Waals surface area contributed by atoms with Crippen LogP contribution < -0.4 is 0 Å². The van der Waals surface area contributed by atoms with Gasteiger partial charge in [0.05, 0.1) is 13.2 Å². The molecule has 0 N–H and O–H groups in total. The highest BCUT2D eigenvalue weighted by molar-refractivity contribution is 6.90. The minimum Gasteiger partial charge on any atom is -0.436 e. The Bertz CT molecular complexity index is 421. The minimum absolute atomic E-state index is 0.339. The first-order chi connectivity index (χ1) is 12.8. The zero-order valence-electron chi connectivity index (χ0n) is 20.6. The van der Waals surface area contributed by atoms with Gasteiger partial charge in [-0.15, -0.1) is 0 Å². The Balaban J connectivity index is 2.95. The van der Waals surface area contributed by atoms with E-state index < -0.39 is 25.2 Å². The van der Waals surface area contributed by atoms with Gasteiger partial charge in [0, 0.05) is 6.61 Å². The van der Waals surface area contributed by atoms with E-state index in [0.717, 1.165) is 32.3 Å². The van der Waals surface area contributed by atoms with Gasteiger partial charge >= 0.3 is 8.56 Å². The number of epoxide rings is 1. The van der Waals surface area contributed by atoms with Gasteiger partial charge in [0.1, 0.15) is 6.10 Å². The van der Waals surface area contributed by atoms with Crippen LogP contribution in [-0.2, 0) is 17.7 Å². The molecule has 0 aliphatic carbocycles. The molecule has 0 amide bonds. The summed E-state index contributed by atoms with van der Waals surface area (Å²) in [5.74, 6) is 0. The van der Waals surface area contributed by atoms with Gasteiger partial charge in [0.25, 0.3) is 0 Å². The van der Waals surface area contributed by atoms with Crippen molar-refractivity contribution in [3.63, 3.8) is 0 Å². The van der Waals surface area contributed by atoms with Gasteiger partial charge in [-0.25, -0.2) is 0 Å². The van der Waals surface area contributed by atoms with Crippen LogP contribution in [0.5, 0.6) is 0 Å². The molecule has 1 atom stereocenters. The molecular weight excluding hydrogens is 400 g/mol. The van der Waals surface area contributed by atoms with E-state index in [4.69, 9.17) is 17.7 Å². The molecular formula is C21H48O4Si3. The van der Waals surface area contributed by atoms with E-state index in [1.807, 2.05) is 0 Å². The highest BCUT2D eigenvalue weighted by atomic mass is 28.5. The van der Waals surface area contributed by atoms with Crippen LogP contribution >= 0.6 is 0 Å². The van der Waals surface area contributed by atoms with Gasteiger partial charge < -0.3 is 17.7 Å². The fourth-order valence-electron chi connectivity index (χ4n) is 3.73. The molecule has 1 aliphatic rings. The molecule has 0 radical (unpaired) electrons. The number of hydrogen-bond acceptors (Lipinski definition) is 4. The summed E-state index contributed by atoms with van der Waals surface area (Å²) in [6.45, 7) is 28.2. The van der Waals surface area contributed by atoms with Crippen molar-refractivity contribution >= 4 is 25.2 Å². The highest BCUT2D eigenvalue weighted by Crippen LogP contribution is 2.41. The van der Waals surface area contributed by atoms with Gasteiger partial charge in [-0.1, -0.05) is 55.4 Å². The van der Waals surface area contributed by atoms with Crippen LogP contribution in [0.1, 0.15) is 61.8 Å². The van der Waals surface area contributed by atoms with Gasteiger partial charge in [-0.2, -0.15) is 0 Å². The monoisotopic (exact) mass is 448 g/mol. The normalized spacial score (nSPS) is 18.8. The Morgan fingerprint density at radius 1 is 0.786 bits per heavy atom. The lowest BCUT2D eigenvalue weighted by Gasteiger charge is -2.48. The molecule has 0 aromatic carbocycles. The third-order valence-corrected chi connectivity index (χ3v) is 24.5. The minimum atomic E-state index is -2.32. The van der Waals surface area contributed by atoms with Gasteiger partial charge in [0.15, 0.2) is 16.6 Å². The van der Waals surface area contributed by atoms with E-state index in [-0.39, 0.29) is 0 Å². The molecule has 0 bridgehead atoms. The van der Waals surface area contributed by atoms with Crippen molar-refractivity contribution < 1.29 is 17.7 Å². The Hall–Kier alpha value is 0.491. The molecule has 1 saturated heterocycles. The van der Waals surface area contributed by atoms with E-state index in [9.17, 15) is 0 Å². The molecule has 168 valence electrons. The second-order valence-electron chi connectivity index (χ2n) is 10.5. The topological polar surface area (TPSA) is 40.2 Å². The van der Waals surface area contributed by atoms with Crippen molar-refractivity contribution in [2.75, 3.05) is 19.8 Å². The summed E-state index contributed by atoms with van der Waals surface area (Å²) in [4.78, 5) is 0. The van der Waals surface area contributed by atoms with Crippen LogP contribution in [0.3, 0.4) is 0 Å². The van der Waals surface area contributed by atoms with Crippen LogP contribution in [0.25, 0.3) is 0 Å². The lowest BCUT2D eigenvalue weighted by Crippen LogP contribution is -2.59. The summed E-state index contributed by atoms with van der Waals surface area (Å²) in [6, 6.07) is 1.02. The number of ether oxygens (including phenoxy) is 2. The zero-order chi connectivity index (χ0) is 21.8. The average molecular weight is 449 g/mol. The average Bonchev–Trinajstić information content (AvgIpc) is 3.37. The summed E-state index contributed by atoms with van der Waals surface area (Å²) in [5, 5.41) is 0. The maximum atomic E-state index is 7.19. The number of rotatable bonds is 14. The van der Waals surface area contributed by atoms with Crippen LogP contribution in [0.2, 0.25) is 47.8 Å². The Kier molecular flexibility index (Phi) is 10.1. The molecule has 7 heteroatoms. The first-order valence-electron chi connectivity index (χ1n) is 11.4. The van der Waals surface area contributed by atoms with Crippen LogP contribution in [0.15, 0.2) is 0 Å². The molecule has 1 rings (SSSR count). The summed E-state index contributed by atoms with van der Waals surface area (Å²) < 4.78 is 25.4. The van der Waals surface area contributed by atoms with Crippen molar-refractivity contribution in [1.29, 1.82) is 0 Å². The van der Waals surface area contributed by atoms with Gasteiger partial charge in [-0.05, 0) is 54.3 Å². The second kappa shape index (κ2) is 10.7. The molecule has 0 spiro atoms. The standard InChI is InChI=1S/C21H48O4Si3/c1-17(2)27(10,18(3)4)24-26(9,14-12-13-22-15-21-16-23-21)25-28(11,19(5)6)20(7)8/h17-21H,12-16H2,1-11H3. The fourth-order valence-corrected chi connectivity index (χ4v) is 19.8. The molecule has 0 aromatic heterocycles. The molecule has 1 heterocycles. The van der Waals surface area contributed by atoms with E-state index in [1.54, 1.807) is 0 Å². The van der Waals surface area contributed by atoms with Crippen LogP contribution in [0.4, 0.5) is 0 Å². The lowest BCUT2D eigenvalue weighted by atomic mass is 10.5. The van der Waals surface area contributed by atoms with E-state index >= 15 is 0 Å². The van der Waals surface area contributed by atoms with Crippen molar-refractivity contribution in [2.24, 2.45) is 0 Å². The first kappa shape index (κ1) is 26.5. The van der Waals surface area contributed by atoms with Crippen molar-refractivity contribution in [3.05, 3.63) is 0 Å². The molecule has 1 fully saturated rings. The predicted octanol–water partition coefficient (Wildman–Crippen LogP) is 6.69. The Labute approximate surface area is 178 Å². The number of hydrogen-bond donors (Lipinski definition) is 0. The maximum Gasteiger partial charge on any atom is 0.314 e. The third kappa shape index (κ3) is 7.32. The zero-order valence-corrected chi connectivity index (χ0v) is 23.6. The smallest absolute Gasteiger partial charge is 0.314 e. The SMILES string of the molecule is CC(C)[Si](C)(O[Si](C)(CCCOCC1CO1)O[Si](C)(C(C)C)C(C)C)C(C)C. The van der Waals surface area contributed by atoms with E-state index in [1.165, 1.54) is 0 Å². The molecule has 1 aliphatic heterocycles. The Morgan fingerprint density at radius 3 is 1.50 bits per heavy atom. The largest absolute Gasteiger partial charge is 0.436 e. The Morgan fingerprint density at radius 2 is 1.18 bits per heavy atom. The lowest BCUT2D eigenvalue weighted by molar-refractivity contribution is 0.116. The third-order valence-electron chi connectivity index (χ3n) is 7.08. The van der Waals surface area contributed by atoms with E-state index in [0.29, 0.717) is 28.3 Å². The van der Waals surface area contributed by atoms with Crippen molar-refractivity contribution in [2.45, 2.75) is 116 Å². The van der Waals surface area contributed by atoms with Gasteiger partial charge in [0.2, 0.25) is 0 Å². The van der Waals surface area contributed by atoms with E-state index in [2.05, 4.69) is 75.0 Å². The van der Waals surface area contributed by atoms with Crippen molar-refractivity contribution in [3.8, 4) is 0 Å². The van der Waals surface area contributed by atoms with Crippen LogP contribution in [0, 0.1) is 0 Å². The first-order valence-corrected chi connectivity index (χ1v) is 19.0. The maximum absolute atomic E-state index is 7.19. The molecule has 4 nitrogen and oxygen atoms in total. The fraction of sp³-hybridized carbons (Fsp3) is 1.00. The summed E-state index contributed by atoms with van der Waals surface area (Å²) >= 11 is 0. The second-order valence-corrected chi connectivity index (χ2v) is 24.2. The van der Waals surface area contributed by atoms with Crippen molar-refractivity contribution in [1.82, 2.24) is 0 Å². The van der Waals surface area contributed by atoms with Crippen LogP contribution in [-0.4, -0.2) is 51.1 Å². The van der Waals surface area contributed by atoms with Gasteiger partial charge in [-0.3, -0.25) is 0 Å². The summed E-state index contributed by atoms with van der Waals surface area (Å²) in [6.07, 6.45) is 1.35. The summed E-state index contributed by atoms with van der Waals surface area (Å²) in [5.41, 5.74) is 2.32.